The number of thiophene rings is 1. The molecule has 0 aliphatic carbocycles. The molecule has 0 aliphatic heterocycles. The molecule has 3 heteroatoms. The Hall–Kier alpha value is -1.06. The van der Waals surface area contributed by atoms with Gasteiger partial charge in [0.1, 0.15) is 0 Å². The van der Waals surface area contributed by atoms with E-state index >= 15 is 0 Å². The molecule has 0 aliphatic rings. The second-order valence-corrected chi connectivity index (χ2v) is 4.94. The number of nitrogens with one attached hydrogen (secondary N) is 1. The lowest BCUT2D eigenvalue weighted by Crippen LogP contribution is -2.17. The SMILES string of the molecule is CNC(Cc1ccoc1)c1ccc(C)s1. The number of rotatable bonds is 4. The van der Waals surface area contributed by atoms with Crippen molar-refractivity contribution < 1.29 is 4.42 Å². The second kappa shape index (κ2) is 4.64. The molecular formula is C12H15NOS. The van der Waals surface area contributed by atoms with E-state index in [2.05, 4.69) is 24.4 Å². The topological polar surface area (TPSA) is 25.2 Å². The van der Waals surface area contributed by atoms with Crippen LogP contribution in [0.1, 0.15) is 21.4 Å². The molecule has 2 nitrogen and oxygen atoms in total. The van der Waals surface area contributed by atoms with Crippen LogP contribution in [0.3, 0.4) is 0 Å². The van der Waals surface area contributed by atoms with Crippen LogP contribution >= 0.6 is 11.3 Å². The lowest BCUT2D eigenvalue weighted by Gasteiger charge is -2.12. The van der Waals surface area contributed by atoms with Crippen LogP contribution in [0.4, 0.5) is 0 Å². The first-order valence-electron chi connectivity index (χ1n) is 5.04. The Labute approximate surface area is 93.9 Å². The molecular weight excluding hydrogens is 206 g/mol. The van der Waals surface area contributed by atoms with Crippen molar-refractivity contribution in [2.45, 2.75) is 19.4 Å². The van der Waals surface area contributed by atoms with Crippen LogP contribution in [0, 0.1) is 6.92 Å². The highest BCUT2D eigenvalue weighted by molar-refractivity contribution is 7.12. The summed E-state index contributed by atoms with van der Waals surface area (Å²) in [5.74, 6) is 0. The molecule has 0 saturated carbocycles. The van der Waals surface area contributed by atoms with Gasteiger partial charge in [0.05, 0.1) is 12.5 Å². The van der Waals surface area contributed by atoms with Gasteiger partial charge in [0.15, 0.2) is 0 Å². The van der Waals surface area contributed by atoms with Gasteiger partial charge in [0.25, 0.3) is 0 Å². The molecule has 0 radical (unpaired) electrons. The summed E-state index contributed by atoms with van der Waals surface area (Å²) in [7, 11) is 2.00. The molecule has 0 saturated heterocycles. The third kappa shape index (κ3) is 2.49. The molecule has 0 amide bonds. The molecule has 1 unspecified atom stereocenters. The van der Waals surface area contributed by atoms with E-state index < -0.39 is 0 Å². The Bertz CT molecular complexity index is 405. The van der Waals surface area contributed by atoms with Gasteiger partial charge in [0.2, 0.25) is 0 Å². The van der Waals surface area contributed by atoms with Gasteiger partial charge in [-0.2, -0.15) is 0 Å². The Kier molecular flexibility index (Phi) is 3.23. The van der Waals surface area contributed by atoms with Gasteiger partial charge >= 0.3 is 0 Å². The molecule has 80 valence electrons. The number of likely N-dealkylation sites (N-methyl/N-ethyl adjacent to an activating group) is 1. The predicted molar refractivity (Wildman–Crippen MR) is 63.3 cm³/mol. The highest BCUT2D eigenvalue weighted by atomic mass is 32.1. The van der Waals surface area contributed by atoms with Gasteiger partial charge in [-0.1, -0.05) is 0 Å². The van der Waals surface area contributed by atoms with E-state index in [0.717, 1.165) is 6.42 Å². The minimum absolute atomic E-state index is 0.390. The first-order valence-corrected chi connectivity index (χ1v) is 5.86. The minimum Gasteiger partial charge on any atom is -0.472 e. The highest BCUT2D eigenvalue weighted by Gasteiger charge is 2.12. The number of furan rings is 1. The van der Waals surface area contributed by atoms with Crippen LogP contribution in [0.25, 0.3) is 0 Å². The summed E-state index contributed by atoms with van der Waals surface area (Å²) in [6, 6.07) is 6.77. The summed E-state index contributed by atoms with van der Waals surface area (Å²) in [6.45, 7) is 2.14. The Balaban J connectivity index is 2.11. The Morgan fingerprint density at radius 1 is 1.40 bits per heavy atom. The minimum atomic E-state index is 0.390. The zero-order chi connectivity index (χ0) is 10.7. The van der Waals surface area contributed by atoms with E-state index in [1.54, 1.807) is 6.26 Å². The first kappa shape index (κ1) is 10.5. The van der Waals surface area contributed by atoms with Crippen molar-refractivity contribution in [2.24, 2.45) is 0 Å². The summed E-state index contributed by atoms with van der Waals surface area (Å²) in [4.78, 5) is 2.74. The van der Waals surface area contributed by atoms with Crippen molar-refractivity contribution in [3.8, 4) is 0 Å². The fourth-order valence-electron chi connectivity index (χ4n) is 1.63. The largest absolute Gasteiger partial charge is 0.472 e. The molecule has 2 aromatic heterocycles. The van der Waals surface area contributed by atoms with Crippen LogP contribution in [0.5, 0.6) is 0 Å². The summed E-state index contributed by atoms with van der Waals surface area (Å²) in [5.41, 5.74) is 1.24. The van der Waals surface area contributed by atoms with E-state index in [1.807, 2.05) is 30.7 Å². The maximum Gasteiger partial charge on any atom is 0.0935 e. The average molecular weight is 221 g/mol. The van der Waals surface area contributed by atoms with Crippen LogP contribution in [-0.2, 0) is 6.42 Å². The predicted octanol–water partition coefficient (Wildman–Crippen LogP) is 3.15. The molecule has 0 bridgehead atoms. The van der Waals surface area contributed by atoms with E-state index in [1.165, 1.54) is 15.3 Å². The first-order chi connectivity index (χ1) is 7.29. The van der Waals surface area contributed by atoms with Crippen LogP contribution in [0.2, 0.25) is 0 Å². The molecule has 2 heterocycles. The Morgan fingerprint density at radius 2 is 2.27 bits per heavy atom. The maximum atomic E-state index is 5.08. The zero-order valence-corrected chi connectivity index (χ0v) is 9.80. The standard InChI is InChI=1S/C12H15NOS/c1-9-3-4-12(15-9)11(13-2)7-10-5-6-14-8-10/h3-6,8,11,13H,7H2,1-2H3. The number of hydrogen-bond acceptors (Lipinski definition) is 3. The van der Waals surface area contributed by atoms with Gasteiger partial charge in [0, 0.05) is 15.8 Å². The summed E-state index contributed by atoms with van der Waals surface area (Å²) in [5, 5.41) is 3.34. The van der Waals surface area contributed by atoms with Crippen LogP contribution < -0.4 is 5.32 Å². The fraction of sp³-hybridized carbons (Fsp3) is 0.333. The maximum absolute atomic E-state index is 5.08. The molecule has 15 heavy (non-hydrogen) atoms. The zero-order valence-electron chi connectivity index (χ0n) is 8.99. The van der Waals surface area contributed by atoms with Crippen molar-refractivity contribution in [1.82, 2.24) is 5.32 Å². The molecule has 2 rings (SSSR count). The van der Waals surface area contributed by atoms with Gasteiger partial charge < -0.3 is 9.73 Å². The van der Waals surface area contributed by atoms with Crippen molar-refractivity contribution in [2.75, 3.05) is 7.05 Å². The van der Waals surface area contributed by atoms with Crippen molar-refractivity contribution >= 4 is 11.3 Å². The number of hydrogen-bond donors (Lipinski definition) is 1. The van der Waals surface area contributed by atoms with E-state index in [0.29, 0.717) is 6.04 Å². The van der Waals surface area contributed by atoms with E-state index in [4.69, 9.17) is 4.42 Å². The van der Waals surface area contributed by atoms with Gasteiger partial charge in [-0.25, -0.2) is 0 Å². The van der Waals surface area contributed by atoms with Crippen molar-refractivity contribution in [3.05, 3.63) is 46.0 Å². The second-order valence-electron chi connectivity index (χ2n) is 3.63. The Morgan fingerprint density at radius 3 is 2.80 bits per heavy atom. The average Bonchev–Trinajstić information content (AvgIpc) is 2.85. The highest BCUT2D eigenvalue weighted by Crippen LogP contribution is 2.25. The fourth-order valence-corrected chi connectivity index (χ4v) is 2.62. The van der Waals surface area contributed by atoms with Crippen molar-refractivity contribution in [3.63, 3.8) is 0 Å². The monoisotopic (exact) mass is 221 g/mol. The van der Waals surface area contributed by atoms with Gasteiger partial charge in [-0.3, -0.25) is 0 Å². The van der Waals surface area contributed by atoms with Crippen LogP contribution in [-0.4, -0.2) is 7.05 Å². The molecule has 2 aromatic rings. The smallest absolute Gasteiger partial charge is 0.0935 e. The van der Waals surface area contributed by atoms with Gasteiger partial charge in [-0.15, -0.1) is 11.3 Å². The summed E-state index contributed by atoms with van der Waals surface area (Å²) >= 11 is 1.85. The molecule has 0 fully saturated rings. The summed E-state index contributed by atoms with van der Waals surface area (Å²) in [6.07, 6.45) is 4.51. The molecule has 0 spiro atoms. The third-order valence-corrected chi connectivity index (χ3v) is 3.59. The molecule has 0 aromatic carbocycles. The van der Waals surface area contributed by atoms with Crippen LogP contribution in [0.15, 0.2) is 35.1 Å². The van der Waals surface area contributed by atoms with E-state index in [-0.39, 0.29) is 0 Å². The quantitative estimate of drug-likeness (QED) is 0.858. The molecule has 1 atom stereocenters. The van der Waals surface area contributed by atoms with Crippen molar-refractivity contribution in [1.29, 1.82) is 0 Å². The number of aryl methyl sites for hydroxylation is 1. The normalized spacial score (nSPS) is 12.9. The van der Waals surface area contributed by atoms with Gasteiger partial charge in [-0.05, 0) is 44.2 Å². The van der Waals surface area contributed by atoms with E-state index in [9.17, 15) is 0 Å². The lowest BCUT2D eigenvalue weighted by atomic mass is 10.1. The lowest BCUT2D eigenvalue weighted by molar-refractivity contribution is 0.554. The summed E-state index contributed by atoms with van der Waals surface area (Å²) < 4.78 is 5.08. The third-order valence-electron chi connectivity index (χ3n) is 2.47. The molecule has 1 N–H and O–H groups in total.